The van der Waals surface area contributed by atoms with Crippen LogP contribution in [-0.2, 0) is 9.59 Å². The fourth-order valence-electron chi connectivity index (χ4n) is 4.79. The van der Waals surface area contributed by atoms with Gasteiger partial charge >= 0.3 is 6.03 Å². The highest BCUT2D eigenvalue weighted by Gasteiger charge is 2.43. The Morgan fingerprint density at radius 2 is 1.90 bits per heavy atom. The van der Waals surface area contributed by atoms with Crippen LogP contribution in [0.4, 0.5) is 10.5 Å². The van der Waals surface area contributed by atoms with E-state index in [4.69, 9.17) is 0 Å². The van der Waals surface area contributed by atoms with Gasteiger partial charge in [0.2, 0.25) is 11.8 Å². The Morgan fingerprint density at radius 1 is 1.16 bits per heavy atom. The molecule has 3 atom stereocenters. The molecule has 4 amide bonds. The Hall–Kier alpha value is -2.65. The second kappa shape index (κ2) is 9.65. The van der Waals surface area contributed by atoms with Crippen LogP contribution in [0.5, 0.6) is 0 Å². The van der Waals surface area contributed by atoms with Crippen molar-refractivity contribution in [3.8, 4) is 0 Å². The van der Waals surface area contributed by atoms with Crippen LogP contribution in [0.2, 0.25) is 0 Å². The Kier molecular flexibility index (Phi) is 6.72. The SMILES string of the molecule is O=C(Nc1ccccc1)NC1CC2C(=O)NCC(CCC(=O)N3CCC(O)CC3)N2C1. The number of aliphatic hydroxyl groups is 1. The first-order chi connectivity index (χ1) is 15.0. The molecule has 3 saturated heterocycles. The first-order valence-electron chi connectivity index (χ1n) is 11.1. The fourth-order valence-corrected chi connectivity index (χ4v) is 4.79. The van der Waals surface area contributed by atoms with Gasteiger partial charge in [0.1, 0.15) is 0 Å². The third-order valence-corrected chi connectivity index (χ3v) is 6.50. The predicted molar refractivity (Wildman–Crippen MR) is 115 cm³/mol. The minimum absolute atomic E-state index is 0.0136. The number of amides is 4. The predicted octanol–water partition coefficient (Wildman–Crippen LogP) is 0.513. The summed E-state index contributed by atoms with van der Waals surface area (Å²) in [6.45, 7) is 2.33. The van der Waals surface area contributed by atoms with Crippen molar-refractivity contribution in [3.05, 3.63) is 30.3 Å². The molecule has 0 saturated carbocycles. The van der Waals surface area contributed by atoms with Crippen LogP contribution in [0.1, 0.15) is 32.1 Å². The molecule has 3 unspecified atom stereocenters. The summed E-state index contributed by atoms with van der Waals surface area (Å²) in [5.74, 6) is 0.0943. The molecular weight excluding hydrogens is 398 g/mol. The third-order valence-electron chi connectivity index (χ3n) is 6.50. The summed E-state index contributed by atoms with van der Waals surface area (Å²) in [7, 11) is 0. The average Bonchev–Trinajstić information content (AvgIpc) is 3.19. The highest BCUT2D eigenvalue weighted by molar-refractivity contribution is 5.89. The van der Waals surface area contributed by atoms with E-state index in [0.717, 1.165) is 5.69 Å². The van der Waals surface area contributed by atoms with Crippen LogP contribution in [0.3, 0.4) is 0 Å². The van der Waals surface area contributed by atoms with Crippen molar-refractivity contribution in [1.29, 1.82) is 0 Å². The summed E-state index contributed by atoms with van der Waals surface area (Å²) in [4.78, 5) is 41.2. The third kappa shape index (κ3) is 5.34. The molecule has 0 radical (unpaired) electrons. The van der Waals surface area contributed by atoms with Crippen LogP contribution in [0, 0.1) is 0 Å². The van der Waals surface area contributed by atoms with Crippen LogP contribution in [0.15, 0.2) is 30.3 Å². The van der Waals surface area contributed by atoms with Gasteiger partial charge in [-0.3, -0.25) is 14.5 Å². The molecule has 4 N–H and O–H groups in total. The topological polar surface area (TPSA) is 114 Å². The lowest BCUT2D eigenvalue weighted by molar-refractivity contribution is -0.134. The molecule has 0 spiro atoms. The van der Waals surface area contributed by atoms with Gasteiger partial charge in [-0.1, -0.05) is 18.2 Å². The van der Waals surface area contributed by atoms with E-state index in [1.54, 1.807) is 0 Å². The Bertz CT molecular complexity index is 796. The summed E-state index contributed by atoms with van der Waals surface area (Å²) in [6, 6.07) is 8.63. The number of nitrogens with one attached hydrogen (secondary N) is 3. The molecular formula is C22H31N5O4. The molecule has 0 bridgehead atoms. The van der Waals surface area contributed by atoms with Gasteiger partial charge < -0.3 is 26.0 Å². The number of hydrogen-bond acceptors (Lipinski definition) is 5. The molecule has 3 aliphatic rings. The quantitative estimate of drug-likeness (QED) is 0.545. The monoisotopic (exact) mass is 429 g/mol. The number of carbonyl (C=O) groups excluding carboxylic acids is 3. The van der Waals surface area contributed by atoms with Crippen LogP contribution >= 0.6 is 0 Å². The molecule has 0 aliphatic carbocycles. The molecule has 1 aromatic rings. The van der Waals surface area contributed by atoms with Gasteiger partial charge in [0, 0.05) is 50.4 Å². The average molecular weight is 430 g/mol. The van der Waals surface area contributed by atoms with Gasteiger partial charge in [-0.25, -0.2) is 4.79 Å². The number of rotatable bonds is 5. The van der Waals surface area contributed by atoms with Gasteiger partial charge in [-0.05, 0) is 37.8 Å². The maximum atomic E-state index is 12.6. The fraction of sp³-hybridized carbons (Fsp3) is 0.591. The van der Waals surface area contributed by atoms with Crippen molar-refractivity contribution in [1.82, 2.24) is 20.4 Å². The summed E-state index contributed by atoms with van der Waals surface area (Å²) in [6.07, 6.45) is 2.62. The molecule has 168 valence electrons. The van der Waals surface area contributed by atoms with Crippen molar-refractivity contribution in [2.45, 2.75) is 56.3 Å². The summed E-state index contributed by atoms with van der Waals surface area (Å²) >= 11 is 0. The number of fused-ring (bicyclic) bond motifs is 1. The number of piperidine rings is 1. The van der Waals surface area contributed by atoms with E-state index in [2.05, 4.69) is 20.9 Å². The maximum Gasteiger partial charge on any atom is 0.319 e. The zero-order valence-electron chi connectivity index (χ0n) is 17.6. The highest BCUT2D eigenvalue weighted by Crippen LogP contribution is 2.26. The number of para-hydroxylation sites is 1. The number of anilines is 1. The summed E-state index contributed by atoms with van der Waals surface area (Å²) in [5, 5.41) is 18.4. The molecule has 9 heteroatoms. The molecule has 31 heavy (non-hydrogen) atoms. The number of aliphatic hydroxyl groups excluding tert-OH is 1. The van der Waals surface area contributed by atoms with Crippen molar-refractivity contribution in [3.63, 3.8) is 0 Å². The maximum absolute atomic E-state index is 12.6. The number of likely N-dealkylation sites (tertiary alicyclic amines) is 1. The van der Waals surface area contributed by atoms with E-state index in [1.165, 1.54) is 0 Å². The van der Waals surface area contributed by atoms with Gasteiger partial charge in [-0.2, -0.15) is 0 Å². The Labute approximate surface area is 182 Å². The lowest BCUT2D eigenvalue weighted by atomic mass is 10.0. The largest absolute Gasteiger partial charge is 0.393 e. The van der Waals surface area contributed by atoms with Crippen LogP contribution in [0.25, 0.3) is 0 Å². The number of nitrogens with zero attached hydrogens (tertiary/aromatic N) is 2. The van der Waals surface area contributed by atoms with E-state index in [9.17, 15) is 19.5 Å². The van der Waals surface area contributed by atoms with Crippen molar-refractivity contribution < 1.29 is 19.5 Å². The minimum Gasteiger partial charge on any atom is -0.393 e. The summed E-state index contributed by atoms with van der Waals surface area (Å²) in [5.41, 5.74) is 0.718. The van der Waals surface area contributed by atoms with Gasteiger partial charge in [0.15, 0.2) is 0 Å². The standard InChI is InChI=1S/C22H31N5O4/c28-18-8-10-26(11-9-18)20(29)7-6-17-13-23-21(30)19-12-16(14-27(17)19)25-22(31)24-15-4-2-1-3-5-15/h1-5,16-19,28H,6-14H2,(H,23,30)(H2,24,25,31). The van der Waals surface area contributed by atoms with E-state index in [0.29, 0.717) is 58.3 Å². The minimum atomic E-state index is -0.300. The van der Waals surface area contributed by atoms with Crippen molar-refractivity contribution in [2.75, 3.05) is 31.5 Å². The highest BCUT2D eigenvalue weighted by atomic mass is 16.3. The second-order valence-electron chi connectivity index (χ2n) is 8.66. The number of hydrogen-bond donors (Lipinski definition) is 4. The number of piperazine rings is 1. The molecule has 0 aromatic heterocycles. The van der Waals surface area contributed by atoms with E-state index in [1.807, 2.05) is 35.2 Å². The van der Waals surface area contributed by atoms with E-state index in [-0.39, 0.29) is 42.1 Å². The first-order valence-corrected chi connectivity index (χ1v) is 11.1. The lowest BCUT2D eigenvalue weighted by Crippen LogP contribution is -2.58. The number of urea groups is 1. The molecule has 3 aliphatic heterocycles. The van der Waals surface area contributed by atoms with Crippen LogP contribution in [-0.4, -0.2) is 83.2 Å². The molecule has 9 nitrogen and oxygen atoms in total. The Morgan fingerprint density at radius 3 is 2.65 bits per heavy atom. The molecule has 1 aromatic carbocycles. The second-order valence-corrected chi connectivity index (χ2v) is 8.66. The normalized spacial score (nSPS) is 26.8. The van der Waals surface area contributed by atoms with Crippen molar-refractivity contribution in [2.24, 2.45) is 0 Å². The van der Waals surface area contributed by atoms with E-state index < -0.39 is 0 Å². The van der Waals surface area contributed by atoms with E-state index >= 15 is 0 Å². The smallest absolute Gasteiger partial charge is 0.319 e. The molecule has 4 rings (SSSR count). The molecule has 3 heterocycles. The number of carbonyl (C=O) groups is 3. The zero-order chi connectivity index (χ0) is 21.8. The number of benzene rings is 1. The van der Waals surface area contributed by atoms with Gasteiger partial charge in [-0.15, -0.1) is 0 Å². The van der Waals surface area contributed by atoms with Gasteiger partial charge in [0.25, 0.3) is 0 Å². The zero-order valence-corrected chi connectivity index (χ0v) is 17.6. The molecule has 3 fully saturated rings. The summed E-state index contributed by atoms with van der Waals surface area (Å²) < 4.78 is 0. The Balaban J connectivity index is 1.28. The van der Waals surface area contributed by atoms with Gasteiger partial charge in [0.05, 0.1) is 12.1 Å². The first kappa shape index (κ1) is 21.6. The lowest BCUT2D eigenvalue weighted by Gasteiger charge is -2.37. The van der Waals surface area contributed by atoms with Crippen molar-refractivity contribution >= 4 is 23.5 Å². The van der Waals surface area contributed by atoms with Crippen LogP contribution < -0.4 is 16.0 Å².